The van der Waals surface area contributed by atoms with Crippen LogP contribution in [0.1, 0.15) is 17.2 Å². The van der Waals surface area contributed by atoms with Gasteiger partial charge in [0.15, 0.2) is 0 Å². The summed E-state index contributed by atoms with van der Waals surface area (Å²) in [5, 5.41) is 1.67. The van der Waals surface area contributed by atoms with Crippen molar-refractivity contribution in [1.82, 2.24) is 5.43 Å². The Morgan fingerprint density at radius 1 is 0.889 bits per heavy atom. The molecule has 2 nitrogen and oxygen atoms in total. The predicted octanol–water partition coefficient (Wildman–Crippen LogP) is 4.20. The fraction of sp³-hybridized carbons (Fsp3) is 0.0769. The second-order valence-corrected chi connectivity index (χ2v) is 5.08. The van der Waals surface area contributed by atoms with E-state index in [9.17, 15) is 0 Å². The molecule has 0 spiro atoms. The van der Waals surface area contributed by atoms with Crippen LogP contribution in [0.3, 0.4) is 0 Å². The van der Waals surface area contributed by atoms with Crippen LogP contribution in [0, 0.1) is 0 Å². The van der Waals surface area contributed by atoms with E-state index >= 15 is 0 Å². The van der Waals surface area contributed by atoms with Crippen LogP contribution in [-0.2, 0) is 0 Å². The molecule has 3 N–H and O–H groups in total. The lowest BCUT2D eigenvalue weighted by molar-refractivity contribution is 0.637. The number of hydrogen-bond acceptors (Lipinski definition) is 2. The van der Waals surface area contributed by atoms with Gasteiger partial charge in [-0.15, -0.1) is 0 Å². The molecule has 0 aliphatic heterocycles. The molecule has 0 saturated carbocycles. The molecule has 2 rings (SSSR count). The van der Waals surface area contributed by atoms with Crippen LogP contribution in [0.5, 0.6) is 0 Å². The molecule has 2 aromatic rings. The highest BCUT2D eigenvalue weighted by Crippen LogP contribution is 2.29. The maximum Gasteiger partial charge on any atom is 0.0711 e. The van der Waals surface area contributed by atoms with Crippen molar-refractivity contribution in [3.8, 4) is 0 Å². The Balaban J connectivity index is 2.42. The van der Waals surface area contributed by atoms with Crippen LogP contribution in [0.15, 0.2) is 42.5 Å². The third kappa shape index (κ3) is 2.97. The highest BCUT2D eigenvalue weighted by molar-refractivity contribution is 6.42. The van der Waals surface area contributed by atoms with Gasteiger partial charge in [-0.1, -0.05) is 53.0 Å². The number of benzene rings is 2. The Hall–Kier alpha value is -0.770. The van der Waals surface area contributed by atoms with Gasteiger partial charge in [0, 0.05) is 5.02 Å². The lowest BCUT2D eigenvalue weighted by Crippen LogP contribution is -2.28. The molecule has 0 aromatic heterocycles. The summed E-state index contributed by atoms with van der Waals surface area (Å²) in [6.07, 6.45) is 0. The third-order valence-corrected chi connectivity index (χ3v) is 3.60. The highest BCUT2D eigenvalue weighted by Gasteiger charge is 2.13. The first kappa shape index (κ1) is 13.7. The average molecular weight is 302 g/mol. The first-order valence-electron chi connectivity index (χ1n) is 5.28. The normalized spacial score (nSPS) is 12.4. The number of nitrogens with one attached hydrogen (secondary N) is 1. The van der Waals surface area contributed by atoms with Crippen LogP contribution >= 0.6 is 34.8 Å². The van der Waals surface area contributed by atoms with Gasteiger partial charge in [-0.2, -0.15) is 0 Å². The molecule has 2 aromatic carbocycles. The lowest BCUT2D eigenvalue weighted by atomic mass is 9.99. The maximum atomic E-state index is 6.01. The lowest BCUT2D eigenvalue weighted by Gasteiger charge is -2.17. The van der Waals surface area contributed by atoms with E-state index in [2.05, 4.69) is 5.43 Å². The minimum Gasteiger partial charge on any atom is -0.271 e. The molecule has 0 fully saturated rings. The molecule has 1 unspecified atom stereocenters. The van der Waals surface area contributed by atoms with Crippen LogP contribution in [0.25, 0.3) is 0 Å². The van der Waals surface area contributed by atoms with E-state index in [1.54, 1.807) is 12.1 Å². The second-order valence-electron chi connectivity index (χ2n) is 3.83. The van der Waals surface area contributed by atoms with E-state index in [-0.39, 0.29) is 6.04 Å². The van der Waals surface area contributed by atoms with E-state index in [0.717, 1.165) is 11.1 Å². The molecular formula is C13H11Cl3N2. The fourth-order valence-electron chi connectivity index (χ4n) is 1.76. The van der Waals surface area contributed by atoms with Gasteiger partial charge >= 0.3 is 0 Å². The van der Waals surface area contributed by atoms with Gasteiger partial charge in [0.05, 0.1) is 16.1 Å². The number of rotatable bonds is 3. The zero-order valence-corrected chi connectivity index (χ0v) is 11.6. The zero-order valence-electron chi connectivity index (χ0n) is 9.33. The predicted molar refractivity (Wildman–Crippen MR) is 77.1 cm³/mol. The Morgan fingerprint density at radius 2 is 1.61 bits per heavy atom. The first-order valence-corrected chi connectivity index (χ1v) is 6.41. The second kappa shape index (κ2) is 5.91. The van der Waals surface area contributed by atoms with Crippen molar-refractivity contribution in [2.45, 2.75) is 6.04 Å². The van der Waals surface area contributed by atoms with Gasteiger partial charge in [0.2, 0.25) is 0 Å². The molecule has 0 aliphatic carbocycles. The van der Waals surface area contributed by atoms with Gasteiger partial charge < -0.3 is 0 Å². The summed E-state index contributed by atoms with van der Waals surface area (Å²) in [6.45, 7) is 0. The van der Waals surface area contributed by atoms with Crippen molar-refractivity contribution in [1.29, 1.82) is 0 Å². The number of hydrazine groups is 1. The summed E-state index contributed by atoms with van der Waals surface area (Å²) >= 11 is 17.9. The van der Waals surface area contributed by atoms with Crippen molar-refractivity contribution in [3.63, 3.8) is 0 Å². The van der Waals surface area contributed by atoms with Gasteiger partial charge in [-0.05, 0) is 35.4 Å². The third-order valence-electron chi connectivity index (χ3n) is 2.63. The zero-order chi connectivity index (χ0) is 13.1. The highest BCUT2D eigenvalue weighted by atomic mass is 35.5. The van der Waals surface area contributed by atoms with Crippen LogP contribution in [-0.4, -0.2) is 0 Å². The fourth-order valence-corrected chi connectivity index (χ4v) is 2.27. The summed E-state index contributed by atoms with van der Waals surface area (Å²) in [7, 11) is 0. The van der Waals surface area contributed by atoms with Crippen molar-refractivity contribution in [3.05, 3.63) is 68.7 Å². The maximum absolute atomic E-state index is 6.01. The molecule has 0 radical (unpaired) electrons. The molecule has 0 bridgehead atoms. The van der Waals surface area contributed by atoms with Gasteiger partial charge in [-0.3, -0.25) is 5.84 Å². The average Bonchev–Trinajstić information content (AvgIpc) is 2.35. The topological polar surface area (TPSA) is 38.0 Å². The van der Waals surface area contributed by atoms with E-state index < -0.39 is 0 Å². The quantitative estimate of drug-likeness (QED) is 0.658. The summed E-state index contributed by atoms with van der Waals surface area (Å²) in [4.78, 5) is 0. The van der Waals surface area contributed by atoms with Crippen LogP contribution < -0.4 is 11.3 Å². The van der Waals surface area contributed by atoms with Crippen molar-refractivity contribution in [2.75, 3.05) is 0 Å². The van der Waals surface area contributed by atoms with E-state index in [0.29, 0.717) is 15.1 Å². The number of hydrogen-bond donors (Lipinski definition) is 2. The number of nitrogens with two attached hydrogens (primary N) is 1. The smallest absolute Gasteiger partial charge is 0.0711 e. The molecule has 94 valence electrons. The van der Waals surface area contributed by atoms with E-state index in [4.69, 9.17) is 40.6 Å². The Kier molecular flexibility index (Phi) is 4.49. The molecule has 5 heteroatoms. The van der Waals surface area contributed by atoms with E-state index in [1.807, 2.05) is 30.3 Å². The Morgan fingerprint density at radius 3 is 2.22 bits per heavy atom. The molecule has 1 atom stereocenters. The standard InChI is InChI=1S/C13H11Cl3N2/c14-10-3-1-2-8(6-10)13(18-17)9-4-5-11(15)12(16)7-9/h1-7,13,18H,17H2. The summed E-state index contributed by atoms with van der Waals surface area (Å²) in [5.41, 5.74) is 4.63. The van der Waals surface area contributed by atoms with Crippen molar-refractivity contribution in [2.24, 2.45) is 5.84 Å². The van der Waals surface area contributed by atoms with Gasteiger partial charge in [-0.25, -0.2) is 5.43 Å². The minimum atomic E-state index is -0.182. The monoisotopic (exact) mass is 300 g/mol. The molecule has 0 saturated heterocycles. The molecular weight excluding hydrogens is 291 g/mol. The Bertz CT molecular complexity index is 558. The minimum absolute atomic E-state index is 0.182. The largest absolute Gasteiger partial charge is 0.271 e. The SMILES string of the molecule is NNC(c1cccc(Cl)c1)c1ccc(Cl)c(Cl)c1. The summed E-state index contributed by atoms with van der Waals surface area (Å²) < 4.78 is 0. The van der Waals surface area contributed by atoms with Crippen LogP contribution in [0.4, 0.5) is 0 Å². The van der Waals surface area contributed by atoms with Crippen LogP contribution in [0.2, 0.25) is 15.1 Å². The molecule has 18 heavy (non-hydrogen) atoms. The van der Waals surface area contributed by atoms with E-state index in [1.165, 1.54) is 0 Å². The van der Waals surface area contributed by atoms with Gasteiger partial charge in [0.25, 0.3) is 0 Å². The molecule has 0 aliphatic rings. The summed E-state index contributed by atoms with van der Waals surface area (Å²) in [5.74, 6) is 5.61. The van der Waals surface area contributed by atoms with Crippen molar-refractivity contribution < 1.29 is 0 Å². The van der Waals surface area contributed by atoms with Gasteiger partial charge in [0.1, 0.15) is 0 Å². The first-order chi connectivity index (χ1) is 8.61. The molecule has 0 amide bonds. The molecule has 0 heterocycles. The number of halogens is 3. The summed E-state index contributed by atoms with van der Waals surface area (Å²) in [6, 6.07) is 12.7. The van der Waals surface area contributed by atoms with Crippen molar-refractivity contribution >= 4 is 34.8 Å². The Labute approximate surface area is 121 Å².